The van der Waals surface area contributed by atoms with Crippen LogP contribution in [0.4, 0.5) is 5.69 Å². The zero-order valence-corrected chi connectivity index (χ0v) is 13.0. The molecule has 2 unspecified atom stereocenters. The van der Waals surface area contributed by atoms with E-state index in [-0.39, 0.29) is 5.54 Å². The Morgan fingerprint density at radius 3 is 2.75 bits per heavy atom. The van der Waals surface area contributed by atoms with Gasteiger partial charge in [0.25, 0.3) is 0 Å². The van der Waals surface area contributed by atoms with Gasteiger partial charge < -0.3 is 15.8 Å². The zero-order chi connectivity index (χ0) is 14.6. The molecule has 0 heterocycles. The molecule has 0 amide bonds. The van der Waals surface area contributed by atoms with Crippen molar-refractivity contribution in [3.63, 3.8) is 0 Å². The van der Waals surface area contributed by atoms with Crippen molar-refractivity contribution in [2.45, 2.75) is 45.1 Å². The number of methoxy groups -OCH3 is 1. The number of nitrogens with one attached hydrogen (secondary N) is 1. The van der Waals surface area contributed by atoms with Crippen LogP contribution in [-0.4, -0.2) is 19.2 Å². The molecular weight excluding hydrogens is 248 g/mol. The maximum Gasteiger partial charge on any atom is 0.141 e. The van der Waals surface area contributed by atoms with Gasteiger partial charge in [-0.3, -0.25) is 0 Å². The molecule has 20 heavy (non-hydrogen) atoms. The topological polar surface area (TPSA) is 47.3 Å². The number of nitrogens with two attached hydrogens (primary N) is 1. The minimum atomic E-state index is 0.00104. The highest BCUT2D eigenvalue weighted by Gasteiger charge is 2.41. The fourth-order valence-corrected chi connectivity index (χ4v) is 3.71. The van der Waals surface area contributed by atoms with Crippen molar-refractivity contribution in [1.82, 2.24) is 0 Å². The molecule has 3 nitrogen and oxygen atoms in total. The van der Waals surface area contributed by atoms with Crippen molar-refractivity contribution in [2.75, 3.05) is 19.0 Å². The van der Waals surface area contributed by atoms with Crippen LogP contribution in [0.1, 0.15) is 39.5 Å². The van der Waals surface area contributed by atoms with Crippen LogP contribution in [0, 0.1) is 11.8 Å². The van der Waals surface area contributed by atoms with Gasteiger partial charge in [0.15, 0.2) is 0 Å². The van der Waals surface area contributed by atoms with E-state index in [0.717, 1.165) is 17.9 Å². The van der Waals surface area contributed by atoms with Gasteiger partial charge in [0.05, 0.1) is 18.3 Å². The SMILES string of the molecule is COc1ccccc1NC1(CN)CCCCC1C(C)C. The molecule has 0 aliphatic heterocycles. The van der Waals surface area contributed by atoms with E-state index in [9.17, 15) is 0 Å². The Labute approximate surface area is 122 Å². The molecule has 0 bridgehead atoms. The molecule has 1 saturated carbocycles. The van der Waals surface area contributed by atoms with Crippen molar-refractivity contribution >= 4 is 5.69 Å². The van der Waals surface area contributed by atoms with E-state index in [1.165, 1.54) is 19.3 Å². The Bertz CT molecular complexity index is 433. The molecule has 2 atom stereocenters. The second-order valence-corrected chi connectivity index (χ2v) is 6.28. The molecule has 0 radical (unpaired) electrons. The highest BCUT2D eigenvalue weighted by molar-refractivity contribution is 5.58. The summed E-state index contributed by atoms with van der Waals surface area (Å²) >= 11 is 0. The molecule has 112 valence electrons. The summed E-state index contributed by atoms with van der Waals surface area (Å²) in [7, 11) is 1.72. The van der Waals surface area contributed by atoms with Crippen LogP contribution in [0.5, 0.6) is 5.75 Å². The van der Waals surface area contributed by atoms with Crippen LogP contribution in [0.25, 0.3) is 0 Å². The predicted octanol–water partition coefficient (Wildman–Crippen LogP) is 3.65. The van der Waals surface area contributed by atoms with E-state index in [1.807, 2.05) is 18.2 Å². The standard InChI is InChI=1S/C17H28N2O/c1-13(2)14-8-6-7-11-17(14,12-18)19-15-9-4-5-10-16(15)20-3/h4-5,9-10,13-14,19H,6-8,11-12,18H2,1-3H3. The lowest BCUT2D eigenvalue weighted by Gasteiger charge is -2.47. The average molecular weight is 276 g/mol. The number of rotatable bonds is 5. The van der Waals surface area contributed by atoms with E-state index in [4.69, 9.17) is 10.5 Å². The molecule has 3 N–H and O–H groups in total. The normalized spacial score (nSPS) is 26.6. The van der Waals surface area contributed by atoms with Gasteiger partial charge in [0.1, 0.15) is 5.75 Å². The smallest absolute Gasteiger partial charge is 0.141 e. The number of para-hydroxylation sites is 2. The molecule has 3 heteroatoms. The Morgan fingerprint density at radius 2 is 2.10 bits per heavy atom. The molecule has 1 aliphatic rings. The van der Waals surface area contributed by atoms with E-state index >= 15 is 0 Å². The Morgan fingerprint density at radius 1 is 1.35 bits per heavy atom. The van der Waals surface area contributed by atoms with Crippen LogP contribution in [-0.2, 0) is 0 Å². The summed E-state index contributed by atoms with van der Waals surface area (Å²) in [6.07, 6.45) is 4.97. The van der Waals surface area contributed by atoms with Crippen molar-refractivity contribution in [3.8, 4) is 5.75 Å². The molecule has 1 aromatic rings. The second kappa shape index (κ2) is 6.49. The summed E-state index contributed by atoms with van der Waals surface area (Å²) in [5.41, 5.74) is 7.27. The van der Waals surface area contributed by atoms with Crippen molar-refractivity contribution in [2.24, 2.45) is 17.6 Å². The van der Waals surface area contributed by atoms with Crippen LogP contribution in [0.2, 0.25) is 0 Å². The van der Waals surface area contributed by atoms with Crippen molar-refractivity contribution in [3.05, 3.63) is 24.3 Å². The largest absolute Gasteiger partial charge is 0.495 e. The van der Waals surface area contributed by atoms with Crippen LogP contribution in [0.15, 0.2) is 24.3 Å². The van der Waals surface area contributed by atoms with E-state index in [0.29, 0.717) is 18.4 Å². The third kappa shape index (κ3) is 2.93. The first-order valence-electron chi connectivity index (χ1n) is 7.74. The van der Waals surface area contributed by atoms with Gasteiger partial charge in [-0.25, -0.2) is 0 Å². The zero-order valence-electron chi connectivity index (χ0n) is 13.0. The summed E-state index contributed by atoms with van der Waals surface area (Å²) in [5.74, 6) is 2.15. The Hall–Kier alpha value is -1.22. The quantitative estimate of drug-likeness (QED) is 0.863. The minimum absolute atomic E-state index is 0.00104. The number of hydrogen-bond acceptors (Lipinski definition) is 3. The molecule has 2 rings (SSSR count). The molecule has 0 aromatic heterocycles. The first-order valence-corrected chi connectivity index (χ1v) is 7.74. The van der Waals surface area contributed by atoms with Gasteiger partial charge in [-0.05, 0) is 36.8 Å². The highest BCUT2D eigenvalue weighted by Crippen LogP contribution is 2.41. The number of ether oxygens (including phenoxy) is 1. The Kier molecular flexibility index (Phi) is 4.92. The molecule has 0 spiro atoms. The number of anilines is 1. The lowest BCUT2D eigenvalue weighted by atomic mass is 9.67. The fourth-order valence-electron chi connectivity index (χ4n) is 3.71. The van der Waals surface area contributed by atoms with Gasteiger partial charge in [0, 0.05) is 6.54 Å². The van der Waals surface area contributed by atoms with E-state index in [2.05, 4.69) is 25.2 Å². The van der Waals surface area contributed by atoms with Gasteiger partial charge in [-0.2, -0.15) is 0 Å². The number of benzene rings is 1. The minimum Gasteiger partial charge on any atom is -0.495 e. The maximum atomic E-state index is 6.20. The first-order chi connectivity index (χ1) is 9.63. The van der Waals surface area contributed by atoms with Gasteiger partial charge in [0.2, 0.25) is 0 Å². The predicted molar refractivity (Wildman–Crippen MR) is 85.2 cm³/mol. The monoisotopic (exact) mass is 276 g/mol. The van der Waals surface area contributed by atoms with Gasteiger partial charge in [-0.15, -0.1) is 0 Å². The fraction of sp³-hybridized carbons (Fsp3) is 0.647. The van der Waals surface area contributed by atoms with Crippen LogP contribution in [0.3, 0.4) is 0 Å². The molecule has 1 aromatic carbocycles. The highest BCUT2D eigenvalue weighted by atomic mass is 16.5. The molecule has 1 fully saturated rings. The van der Waals surface area contributed by atoms with Crippen LogP contribution < -0.4 is 15.8 Å². The summed E-state index contributed by atoms with van der Waals surface area (Å²) in [4.78, 5) is 0. The second-order valence-electron chi connectivity index (χ2n) is 6.28. The maximum absolute atomic E-state index is 6.20. The van der Waals surface area contributed by atoms with Gasteiger partial charge in [-0.1, -0.05) is 38.8 Å². The lowest BCUT2D eigenvalue weighted by Crippen LogP contribution is -2.55. The van der Waals surface area contributed by atoms with E-state index in [1.54, 1.807) is 7.11 Å². The van der Waals surface area contributed by atoms with Crippen molar-refractivity contribution in [1.29, 1.82) is 0 Å². The first kappa shape index (κ1) is 15.2. The summed E-state index contributed by atoms with van der Waals surface area (Å²) in [6, 6.07) is 8.13. The van der Waals surface area contributed by atoms with Crippen LogP contribution >= 0.6 is 0 Å². The van der Waals surface area contributed by atoms with E-state index < -0.39 is 0 Å². The third-order valence-corrected chi connectivity index (χ3v) is 4.76. The molecule has 1 aliphatic carbocycles. The summed E-state index contributed by atoms with van der Waals surface area (Å²) < 4.78 is 5.47. The average Bonchev–Trinajstić information content (AvgIpc) is 2.48. The van der Waals surface area contributed by atoms with Gasteiger partial charge >= 0.3 is 0 Å². The van der Waals surface area contributed by atoms with Crippen molar-refractivity contribution < 1.29 is 4.74 Å². The summed E-state index contributed by atoms with van der Waals surface area (Å²) in [6.45, 7) is 5.29. The lowest BCUT2D eigenvalue weighted by molar-refractivity contribution is 0.166. The molecule has 0 saturated heterocycles. The molecular formula is C17H28N2O. The number of hydrogen-bond donors (Lipinski definition) is 2. The Balaban J connectivity index is 2.29. The summed E-state index contributed by atoms with van der Waals surface area (Å²) in [5, 5.41) is 3.74. The third-order valence-electron chi connectivity index (χ3n) is 4.76.